The molecule has 0 aliphatic rings. The average molecular weight is 234 g/mol. The van der Waals surface area contributed by atoms with E-state index < -0.39 is 0 Å². The van der Waals surface area contributed by atoms with Gasteiger partial charge in [-0.05, 0) is 25.0 Å². The lowest BCUT2D eigenvalue weighted by Gasteiger charge is -2.05. The molecule has 0 bridgehead atoms. The van der Waals surface area contributed by atoms with Gasteiger partial charge in [0.2, 0.25) is 0 Å². The molecule has 84 valence electrons. The van der Waals surface area contributed by atoms with Gasteiger partial charge in [-0.15, -0.1) is 0 Å². The number of aryl methyl sites for hydroxylation is 1. The second-order valence-corrected chi connectivity index (χ2v) is 4.11. The largest absolute Gasteiger partial charge is 0.367 e. The Morgan fingerprint density at radius 3 is 3.00 bits per heavy atom. The summed E-state index contributed by atoms with van der Waals surface area (Å²) >= 11 is 1.24. The molecule has 0 atom stereocenters. The van der Waals surface area contributed by atoms with E-state index in [-0.39, 0.29) is 0 Å². The number of pyridine rings is 1. The Morgan fingerprint density at radius 2 is 2.25 bits per heavy atom. The van der Waals surface area contributed by atoms with E-state index in [9.17, 15) is 0 Å². The molecule has 0 aromatic carbocycles. The fraction of sp³-hybridized carbons (Fsp3) is 0.364. The van der Waals surface area contributed by atoms with Crippen LogP contribution in [0.15, 0.2) is 18.5 Å². The smallest absolute Gasteiger partial charge is 0.168 e. The van der Waals surface area contributed by atoms with E-state index in [1.807, 2.05) is 19.2 Å². The first kappa shape index (κ1) is 11.0. The van der Waals surface area contributed by atoms with Gasteiger partial charge in [0, 0.05) is 24.5 Å². The van der Waals surface area contributed by atoms with Crippen molar-refractivity contribution in [2.24, 2.45) is 0 Å². The zero-order chi connectivity index (χ0) is 11.4. The van der Waals surface area contributed by atoms with Crippen molar-refractivity contribution in [3.63, 3.8) is 0 Å². The Hall–Kier alpha value is -1.49. The van der Waals surface area contributed by atoms with E-state index >= 15 is 0 Å². The fourth-order valence-electron chi connectivity index (χ4n) is 1.46. The Kier molecular flexibility index (Phi) is 3.46. The van der Waals surface area contributed by atoms with Crippen LogP contribution in [0.1, 0.15) is 18.9 Å². The highest BCUT2D eigenvalue weighted by Gasteiger charge is 2.11. The van der Waals surface area contributed by atoms with Crippen molar-refractivity contribution in [3.05, 3.63) is 24.0 Å². The SMILES string of the molecule is CCCNc1nsnc1-c1ccncc1C. The number of aromatic nitrogens is 3. The van der Waals surface area contributed by atoms with Crippen molar-refractivity contribution in [1.29, 1.82) is 0 Å². The lowest BCUT2D eigenvalue weighted by molar-refractivity contribution is 0.974. The number of nitrogens with one attached hydrogen (secondary N) is 1. The molecule has 0 aliphatic heterocycles. The van der Waals surface area contributed by atoms with Gasteiger partial charge in [0.1, 0.15) is 5.69 Å². The van der Waals surface area contributed by atoms with Gasteiger partial charge in [-0.3, -0.25) is 4.98 Å². The summed E-state index contributed by atoms with van der Waals surface area (Å²) in [5, 5.41) is 3.29. The minimum absolute atomic E-state index is 0.876. The van der Waals surface area contributed by atoms with E-state index in [1.165, 1.54) is 11.7 Å². The monoisotopic (exact) mass is 234 g/mol. The first-order valence-electron chi connectivity index (χ1n) is 5.30. The van der Waals surface area contributed by atoms with E-state index in [1.54, 1.807) is 6.20 Å². The molecule has 2 aromatic rings. The zero-order valence-corrected chi connectivity index (χ0v) is 10.2. The standard InChI is InChI=1S/C11H14N4S/c1-3-5-13-11-10(14-16-15-11)9-4-6-12-7-8(9)2/h4,6-7H,3,5H2,1-2H3,(H,13,15). The van der Waals surface area contributed by atoms with Crippen LogP contribution in [0.25, 0.3) is 11.3 Å². The summed E-state index contributed by atoms with van der Waals surface area (Å²) in [7, 11) is 0. The molecule has 0 saturated heterocycles. The number of rotatable bonds is 4. The minimum atomic E-state index is 0.876. The van der Waals surface area contributed by atoms with E-state index in [0.29, 0.717) is 0 Å². The summed E-state index contributed by atoms with van der Waals surface area (Å²) in [6.07, 6.45) is 4.70. The Labute approximate surface area is 99.1 Å². The highest BCUT2D eigenvalue weighted by molar-refractivity contribution is 6.99. The molecule has 4 nitrogen and oxygen atoms in total. The predicted octanol–water partition coefficient (Wildman–Crippen LogP) is 2.73. The van der Waals surface area contributed by atoms with Gasteiger partial charge in [0.15, 0.2) is 5.82 Å². The normalized spacial score (nSPS) is 10.4. The maximum absolute atomic E-state index is 4.34. The molecular formula is C11H14N4S. The van der Waals surface area contributed by atoms with Crippen LogP contribution in [0.4, 0.5) is 5.82 Å². The van der Waals surface area contributed by atoms with E-state index in [4.69, 9.17) is 0 Å². The van der Waals surface area contributed by atoms with Crippen molar-refractivity contribution in [3.8, 4) is 11.3 Å². The molecule has 0 amide bonds. The summed E-state index contributed by atoms with van der Waals surface area (Å²) in [5.74, 6) is 0.876. The molecular weight excluding hydrogens is 220 g/mol. The minimum Gasteiger partial charge on any atom is -0.367 e. The Morgan fingerprint density at radius 1 is 1.38 bits per heavy atom. The van der Waals surface area contributed by atoms with Crippen molar-refractivity contribution in [1.82, 2.24) is 13.7 Å². The van der Waals surface area contributed by atoms with Crippen LogP contribution >= 0.6 is 11.7 Å². The van der Waals surface area contributed by atoms with Gasteiger partial charge >= 0.3 is 0 Å². The molecule has 5 heteroatoms. The van der Waals surface area contributed by atoms with Gasteiger partial charge in [0.05, 0.1) is 11.7 Å². The third-order valence-corrected chi connectivity index (χ3v) is 2.83. The Bertz CT molecular complexity index is 467. The van der Waals surface area contributed by atoms with Crippen LogP contribution in [0.5, 0.6) is 0 Å². The van der Waals surface area contributed by atoms with Crippen molar-refractivity contribution >= 4 is 17.5 Å². The average Bonchev–Trinajstić information content (AvgIpc) is 2.75. The summed E-state index contributed by atoms with van der Waals surface area (Å²) in [4.78, 5) is 4.08. The van der Waals surface area contributed by atoms with Gasteiger partial charge < -0.3 is 5.32 Å². The second kappa shape index (κ2) is 5.03. The van der Waals surface area contributed by atoms with Crippen molar-refractivity contribution in [2.75, 3.05) is 11.9 Å². The molecule has 0 fully saturated rings. The molecule has 2 aromatic heterocycles. The molecule has 2 rings (SSSR count). The van der Waals surface area contributed by atoms with E-state index in [2.05, 4.69) is 26.0 Å². The van der Waals surface area contributed by atoms with Crippen LogP contribution < -0.4 is 5.32 Å². The summed E-state index contributed by atoms with van der Waals surface area (Å²) in [6, 6.07) is 1.98. The number of hydrogen-bond donors (Lipinski definition) is 1. The fourth-order valence-corrected chi connectivity index (χ4v) is 2.00. The van der Waals surface area contributed by atoms with Crippen LogP contribution in [0.2, 0.25) is 0 Å². The number of nitrogens with zero attached hydrogens (tertiary/aromatic N) is 3. The first-order chi connectivity index (χ1) is 7.83. The van der Waals surface area contributed by atoms with Crippen molar-refractivity contribution in [2.45, 2.75) is 20.3 Å². The summed E-state index contributed by atoms with van der Waals surface area (Å²) < 4.78 is 8.61. The van der Waals surface area contributed by atoms with Crippen molar-refractivity contribution < 1.29 is 0 Å². The van der Waals surface area contributed by atoms with Gasteiger partial charge in [-0.2, -0.15) is 8.75 Å². The summed E-state index contributed by atoms with van der Waals surface area (Å²) in [6.45, 7) is 5.08. The second-order valence-electron chi connectivity index (χ2n) is 3.58. The Balaban J connectivity index is 2.33. The topological polar surface area (TPSA) is 50.7 Å². The predicted molar refractivity (Wildman–Crippen MR) is 66.7 cm³/mol. The van der Waals surface area contributed by atoms with Crippen LogP contribution in [0, 0.1) is 6.92 Å². The lowest BCUT2D eigenvalue weighted by Crippen LogP contribution is -2.01. The molecule has 2 heterocycles. The van der Waals surface area contributed by atoms with Crippen LogP contribution in [0.3, 0.4) is 0 Å². The molecule has 0 aliphatic carbocycles. The van der Waals surface area contributed by atoms with Gasteiger partial charge in [-0.1, -0.05) is 6.92 Å². The lowest BCUT2D eigenvalue weighted by atomic mass is 10.1. The quantitative estimate of drug-likeness (QED) is 0.883. The highest BCUT2D eigenvalue weighted by Crippen LogP contribution is 2.27. The molecule has 0 radical (unpaired) electrons. The maximum atomic E-state index is 4.34. The summed E-state index contributed by atoms with van der Waals surface area (Å²) in [5.41, 5.74) is 3.15. The van der Waals surface area contributed by atoms with Crippen LogP contribution in [-0.4, -0.2) is 20.3 Å². The number of hydrogen-bond acceptors (Lipinski definition) is 5. The van der Waals surface area contributed by atoms with Gasteiger partial charge in [0.25, 0.3) is 0 Å². The zero-order valence-electron chi connectivity index (χ0n) is 9.40. The van der Waals surface area contributed by atoms with Crippen LogP contribution in [-0.2, 0) is 0 Å². The third kappa shape index (κ3) is 2.19. The molecule has 0 spiro atoms. The first-order valence-corrected chi connectivity index (χ1v) is 6.03. The van der Waals surface area contributed by atoms with E-state index in [0.717, 1.165) is 35.6 Å². The molecule has 16 heavy (non-hydrogen) atoms. The molecule has 0 saturated carbocycles. The maximum Gasteiger partial charge on any atom is 0.168 e. The third-order valence-electron chi connectivity index (χ3n) is 2.31. The molecule has 0 unspecified atom stereocenters. The number of anilines is 1. The van der Waals surface area contributed by atoms with Gasteiger partial charge in [-0.25, -0.2) is 0 Å². The highest BCUT2D eigenvalue weighted by atomic mass is 32.1. The molecule has 1 N–H and O–H groups in total.